The quantitative estimate of drug-likeness (QED) is 0.841. The molecule has 0 saturated carbocycles. The molecule has 1 N–H and O–H groups in total. The fourth-order valence-electron chi connectivity index (χ4n) is 1.18. The van der Waals surface area contributed by atoms with E-state index in [2.05, 4.69) is 5.32 Å². The first-order valence-corrected chi connectivity index (χ1v) is 5.10. The van der Waals surface area contributed by atoms with Gasteiger partial charge in [-0.15, -0.1) is 0 Å². The minimum absolute atomic E-state index is 0.0849. The number of para-hydroxylation sites is 1. The molecule has 1 aromatic rings. The molecule has 5 nitrogen and oxygen atoms in total. The minimum atomic E-state index is -1.35. The molecule has 0 heterocycles. The van der Waals surface area contributed by atoms with E-state index in [9.17, 15) is 14.7 Å². The van der Waals surface area contributed by atoms with E-state index in [1.54, 1.807) is 32.9 Å². The first kappa shape index (κ1) is 13.0. The van der Waals surface area contributed by atoms with Crippen molar-refractivity contribution in [3.8, 4) is 0 Å². The number of carboxylic acids is 1. The lowest BCUT2D eigenvalue weighted by Gasteiger charge is -2.20. The molecule has 0 atom stereocenters. The molecule has 1 amide bonds. The summed E-state index contributed by atoms with van der Waals surface area (Å²) < 4.78 is 5.01. The number of aromatic carboxylic acids is 1. The van der Waals surface area contributed by atoms with Crippen molar-refractivity contribution < 1.29 is 19.4 Å². The van der Waals surface area contributed by atoms with Crippen molar-refractivity contribution >= 4 is 17.7 Å². The van der Waals surface area contributed by atoms with Crippen molar-refractivity contribution in [3.63, 3.8) is 0 Å². The maximum absolute atomic E-state index is 11.5. The topological polar surface area (TPSA) is 78.5 Å². The van der Waals surface area contributed by atoms with E-state index in [1.807, 2.05) is 0 Å². The molecule has 0 radical (unpaired) electrons. The molecule has 0 unspecified atom stereocenters. The zero-order chi connectivity index (χ0) is 13.1. The van der Waals surface area contributed by atoms with E-state index in [0.717, 1.165) is 0 Å². The van der Waals surface area contributed by atoms with Crippen LogP contribution in [0.1, 0.15) is 31.1 Å². The van der Waals surface area contributed by atoms with Gasteiger partial charge < -0.3 is 14.6 Å². The number of amides is 1. The van der Waals surface area contributed by atoms with Crippen LogP contribution < -0.4 is 10.4 Å². The molecule has 92 valence electrons. The highest BCUT2D eigenvalue weighted by molar-refractivity contribution is 5.97. The Bertz CT molecular complexity index is 434. The van der Waals surface area contributed by atoms with Crippen LogP contribution in [0.25, 0.3) is 0 Å². The largest absolute Gasteiger partial charge is 0.545 e. The van der Waals surface area contributed by atoms with E-state index in [4.69, 9.17) is 4.74 Å². The Hall–Kier alpha value is -2.04. The molecule has 17 heavy (non-hydrogen) atoms. The Kier molecular flexibility index (Phi) is 3.73. The molecule has 0 fully saturated rings. The number of carboxylic acid groups (broad SMARTS) is 1. The highest BCUT2D eigenvalue weighted by Gasteiger charge is 2.17. The third-order valence-corrected chi connectivity index (χ3v) is 1.78. The maximum Gasteiger partial charge on any atom is 0.412 e. The molecule has 0 aliphatic rings. The molecule has 0 aromatic heterocycles. The van der Waals surface area contributed by atoms with Gasteiger partial charge >= 0.3 is 6.09 Å². The van der Waals surface area contributed by atoms with Gasteiger partial charge in [-0.05, 0) is 26.8 Å². The van der Waals surface area contributed by atoms with Gasteiger partial charge in [0.15, 0.2) is 0 Å². The second-order valence-corrected chi connectivity index (χ2v) is 4.46. The number of rotatable bonds is 2. The lowest BCUT2D eigenvalue weighted by molar-refractivity contribution is -0.254. The molecule has 0 spiro atoms. The van der Waals surface area contributed by atoms with Crippen LogP contribution in [-0.4, -0.2) is 17.7 Å². The van der Waals surface area contributed by atoms with Gasteiger partial charge in [-0.1, -0.05) is 18.2 Å². The average Bonchev–Trinajstić information content (AvgIpc) is 2.14. The van der Waals surface area contributed by atoms with Gasteiger partial charge in [0.2, 0.25) is 0 Å². The van der Waals surface area contributed by atoms with Gasteiger partial charge in [0.25, 0.3) is 0 Å². The molecule has 5 heteroatoms. The van der Waals surface area contributed by atoms with Crippen LogP contribution >= 0.6 is 0 Å². The lowest BCUT2D eigenvalue weighted by Crippen LogP contribution is -2.29. The molecule has 1 rings (SSSR count). The monoisotopic (exact) mass is 236 g/mol. The third kappa shape index (κ3) is 4.14. The normalized spacial score (nSPS) is 10.8. The summed E-state index contributed by atoms with van der Waals surface area (Å²) in [6.45, 7) is 5.16. The van der Waals surface area contributed by atoms with Crippen molar-refractivity contribution in [2.45, 2.75) is 26.4 Å². The summed E-state index contributed by atoms with van der Waals surface area (Å²) in [5.41, 5.74) is -0.569. The number of carbonyl (C=O) groups excluding carboxylic acids is 2. The van der Waals surface area contributed by atoms with Crippen LogP contribution in [0.5, 0.6) is 0 Å². The molecule has 0 aliphatic heterocycles. The average molecular weight is 236 g/mol. The summed E-state index contributed by atoms with van der Waals surface area (Å²) in [4.78, 5) is 22.2. The summed E-state index contributed by atoms with van der Waals surface area (Å²) >= 11 is 0. The van der Waals surface area contributed by atoms with Crippen LogP contribution in [0.15, 0.2) is 24.3 Å². The van der Waals surface area contributed by atoms with Gasteiger partial charge in [-0.25, -0.2) is 4.79 Å². The van der Waals surface area contributed by atoms with Gasteiger partial charge in [0.1, 0.15) is 5.60 Å². The van der Waals surface area contributed by atoms with Crippen molar-refractivity contribution in [3.05, 3.63) is 29.8 Å². The molecule has 1 aromatic carbocycles. The van der Waals surface area contributed by atoms with Crippen molar-refractivity contribution in [1.29, 1.82) is 0 Å². The van der Waals surface area contributed by atoms with E-state index in [1.165, 1.54) is 12.1 Å². The predicted molar refractivity (Wildman–Crippen MR) is 60.6 cm³/mol. The SMILES string of the molecule is CC(C)(C)OC(=O)Nc1ccccc1C(=O)[O-]. The number of anilines is 1. The summed E-state index contributed by atoms with van der Waals surface area (Å²) in [6.07, 6.45) is -0.703. The van der Waals surface area contributed by atoms with Crippen molar-refractivity contribution in [2.75, 3.05) is 5.32 Å². The first-order chi connectivity index (χ1) is 7.79. The standard InChI is InChI=1S/C12H15NO4/c1-12(2,3)17-11(16)13-9-7-5-4-6-8(9)10(14)15/h4-7H,1-3H3,(H,13,16)(H,14,15)/p-1. The predicted octanol–water partition coefficient (Wildman–Crippen LogP) is 1.40. The summed E-state index contributed by atoms with van der Waals surface area (Å²) in [7, 11) is 0. The van der Waals surface area contributed by atoms with E-state index in [-0.39, 0.29) is 11.3 Å². The van der Waals surface area contributed by atoms with Crippen LogP contribution in [-0.2, 0) is 4.74 Å². The van der Waals surface area contributed by atoms with E-state index in [0.29, 0.717) is 0 Å². The molecule has 0 saturated heterocycles. The smallest absolute Gasteiger partial charge is 0.412 e. The third-order valence-electron chi connectivity index (χ3n) is 1.78. The summed E-state index contributed by atoms with van der Waals surface area (Å²) in [5, 5.41) is 13.2. The maximum atomic E-state index is 11.5. The fourth-order valence-corrected chi connectivity index (χ4v) is 1.18. The molecular formula is C12H14NO4-. The van der Waals surface area contributed by atoms with Gasteiger partial charge in [0.05, 0.1) is 11.7 Å². The minimum Gasteiger partial charge on any atom is -0.545 e. The Morgan fingerprint density at radius 1 is 1.24 bits per heavy atom. The second-order valence-electron chi connectivity index (χ2n) is 4.46. The summed E-state index contributed by atoms with van der Waals surface area (Å²) in [5.74, 6) is -1.35. The number of ether oxygens (including phenoxy) is 1. The lowest BCUT2D eigenvalue weighted by atomic mass is 10.2. The van der Waals surface area contributed by atoms with Crippen molar-refractivity contribution in [1.82, 2.24) is 0 Å². The first-order valence-electron chi connectivity index (χ1n) is 5.10. The highest BCUT2D eigenvalue weighted by atomic mass is 16.6. The number of carbonyl (C=O) groups is 2. The Labute approximate surface area is 99.4 Å². The van der Waals surface area contributed by atoms with Crippen LogP contribution in [0, 0.1) is 0 Å². The van der Waals surface area contributed by atoms with E-state index >= 15 is 0 Å². The zero-order valence-corrected chi connectivity index (χ0v) is 9.94. The number of nitrogens with one attached hydrogen (secondary N) is 1. The van der Waals surface area contributed by atoms with Crippen LogP contribution in [0.3, 0.4) is 0 Å². The highest BCUT2D eigenvalue weighted by Crippen LogP contribution is 2.16. The zero-order valence-electron chi connectivity index (χ0n) is 9.94. The Morgan fingerprint density at radius 3 is 2.35 bits per heavy atom. The second kappa shape index (κ2) is 4.86. The fraction of sp³-hybridized carbons (Fsp3) is 0.333. The molecule has 0 aliphatic carbocycles. The van der Waals surface area contributed by atoms with E-state index < -0.39 is 17.7 Å². The number of hydrogen-bond donors (Lipinski definition) is 1. The number of benzene rings is 1. The van der Waals surface area contributed by atoms with Crippen LogP contribution in [0.4, 0.5) is 10.5 Å². The van der Waals surface area contributed by atoms with Gasteiger partial charge in [0, 0.05) is 5.56 Å². The molecular weight excluding hydrogens is 222 g/mol. The Morgan fingerprint density at radius 2 is 1.82 bits per heavy atom. The Balaban J connectivity index is 2.82. The van der Waals surface area contributed by atoms with Gasteiger partial charge in [-0.2, -0.15) is 0 Å². The van der Waals surface area contributed by atoms with Crippen molar-refractivity contribution in [2.24, 2.45) is 0 Å². The van der Waals surface area contributed by atoms with Crippen LogP contribution in [0.2, 0.25) is 0 Å². The summed E-state index contributed by atoms with van der Waals surface area (Å²) in [6, 6.07) is 5.97. The number of hydrogen-bond acceptors (Lipinski definition) is 4. The van der Waals surface area contributed by atoms with Gasteiger partial charge in [-0.3, -0.25) is 5.32 Å². The molecule has 0 bridgehead atoms.